The zero-order chi connectivity index (χ0) is 10.7. The van der Waals surface area contributed by atoms with E-state index in [4.69, 9.17) is 0 Å². The van der Waals surface area contributed by atoms with Gasteiger partial charge in [-0.2, -0.15) is 0 Å². The quantitative estimate of drug-likeness (QED) is 0.724. The highest BCUT2D eigenvalue weighted by atomic mass is 15.2. The second-order valence-electron chi connectivity index (χ2n) is 5.37. The monoisotopic (exact) mass is 210 g/mol. The Kier molecular flexibility index (Phi) is 3.68. The molecule has 1 aliphatic heterocycles. The minimum absolute atomic E-state index is 0.456. The molecule has 15 heavy (non-hydrogen) atoms. The zero-order valence-corrected chi connectivity index (χ0v) is 10.4. The van der Waals surface area contributed by atoms with Crippen LogP contribution in [0.5, 0.6) is 0 Å². The molecule has 0 aromatic rings. The molecular weight excluding hydrogens is 184 g/mol. The summed E-state index contributed by atoms with van der Waals surface area (Å²) in [5.41, 5.74) is 0.456. The molecule has 0 amide bonds. The molecule has 1 aliphatic carbocycles. The Morgan fingerprint density at radius 2 is 2.13 bits per heavy atom. The van der Waals surface area contributed by atoms with Gasteiger partial charge in [0.2, 0.25) is 0 Å². The first-order valence-corrected chi connectivity index (χ1v) is 6.79. The van der Waals surface area contributed by atoms with Crippen molar-refractivity contribution in [2.24, 2.45) is 0 Å². The Bertz CT molecular complexity index is 193. The van der Waals surface area contributed by atoms with Crippen LogP contribution in [0.25, 0.3) is 0 Å². The molecule has 0 spiro atoms. The minimum Gasteiger partial charge on any atom is -0.310 e. The number of hydrogen-bond acceptors (Lipinski definition) is 2. The summed E-state index contributed by atoms with van der Waals surface area (Å²) in [6, 6.07) is 0.927. The van der Waals surface area contributed by atoms with Gasteiger partial charge >= 0.3 is 0 Å². The lowest BCUT2D eigenvalue weighted by molar-refractivity contribution is 0.180. The topological polar surface area (TPSA) is 15.3 Å². The summed E-state index contributed by atoms with van der Waals surface area (Å²) in [7, 11) is 0. The molecule has 1 unspecified atom stereocenters. The smallest absolute Gasteiger partial charge is 0.0306 e. The molecule has 2 nitrogen and oxygen atoms in total. The molecule has 0 radical (unpaired) electrons. The Labute approximate surface area is 94.4 Å². The van der Waals surface area contributed by atoms with E-state index >= 15 is 0 Å². The predicted molar refractivity (Wildman–Crippen MR) is 65.1 cm³/mol. The third-order valence-corrected chi connectivity index (χ3v) is 4.09. The van der Waals surface area contributed by atoms with E-state index in [0.717, 1.165) is 6.04 Å². The molecule has 2 fully saturated rings. The summed E-state index contributed by atoms with van der Waals surface area (Å²) in [5, 5.41) is 3.75. The Balaban J connectivity index is 1.90. The molecule has 1 N–H and O–H groups in total. The van der Waals surface area contributed by atoms with Crippen molar-refractivity contribution in [1.82, 2.24) is 10.2 Å². The zero-order valence-electron chi connectivity index (χ0n) is 10.4. The molecule has 1 heterocycles. The van der Waals surface area contributed by atoms with Crippen LogP contribution in [0.3, 0.4) is 0 Å². The summed E-state index contributed by atoms with van der Waals surface area (Å²) in [5.74, 6) is 0. The van der Waals surface area contributed by atoms with Crippen LogP contribution in [0.4, 0.5) is 0 Å². The van der Waals surface area contributed by atoms with Crippen molar-refractivity contribution in [3.8, 4) is 0 Å². The van der Waals surface area contributed by atoms with Crippen molar-refractivity contribution >= 4 is 0 Å². The second-order valence-corrected chi connectivity index (χ2v) is 5.37. The number of rotatable bonds is 6. The van der Waals surface area contributed by atoms with Crippen LogP contribution in [0.15, 0.2) is 0 Å². The van der Waals surface area contributed by atoms with Crippen molar-refractivity contribution in [3.05, 3.63) is 0 Å². The Morgan fingerprint density at radius 3 is 2.60 bits per heavy atom. The van der Waals surface area contributed by atoms with Crippen LogP contribution in [0, 0.1) is 0 Å². The minimum atomic E-state index is 0.456. The molecular formula is C13H26N2. The van der Waals surface area contributed by atoms with Gasteiger partial charge in [0.05, 0.1) is 0 Å². The van der Waals surface area contributed by atoms with E-state index in [0.29, 0.717) is 5.54 Å². The lowest BCUT2D eigenvalue weighted by atomic mass is 9.93. The summed E-state index contributed by atoms with van der Waals surface area (Å²) >= 11 is 0. The van der Waals surface area contributed by atoms with Gasteiger partial charge in [0.1, 0.15) is 0 Å². The lowest BCUT2D eigenvalue weighted by Crippen LogP contribution is -2.50. The molecule has 1 saturated carbocycles. The van der Waals surface area contributed by atoms with E-state index in [9.17, 15) is 0 Å². The van der Waals surface area contributed by atoms with Gasteiger partial charge in [-0.1, -0.05) is 13.8 Å². The van der Waals surface area contributed by atoms with Gasteiger partial charge < -0.3 is 5.32 Å². The third kappa shape index (κ3) is 2.73. The van der Waals surface area contributed by atoms with Crippen molar-refractivity contribution in [3.63, 3.8) is 0 Å². The SMILES string of the molecule is CCCN(CC1(CC)CCCN1)C1CC1. The molecule has 2 aliphatic rings. The van der Waals surface area contributed by atoms with Gasteiger partial charge in [-0.3, -0.25) is 4.90 Å². The van der Waals surface area contributed by atoms with Crippen LogP contribution in [-0.4, -0.2) is 36.1 Å². The van der Waals surface area contributed by atoms with E-state index in [-0.39, 0.29) is 0 Å². The van der Waals surface area contributed by atoms with E-state index in [1.807, 2.05) is 0 Å². The maximum absolute atomic E-state index is 3.75. The van der Waals surface area contributed by atoms with Gasteiger partial charge in [-0.25, -0.2) is 0 Å². The molecule has 0 aromatic carbocycles. The fourth-order valence-electron chi connectivity index (χ4n) is 2.92. The fourth-order valence-corrected chi connectivity index (χ4v) is 2.92. The molecule has 88 valence electrons. The first-order chi connectivity index (χ1) is 7.29. The maximum atomic E-state index is 3.75. The average molecular weight is 210 g/mol. The molecule has 1 saturated heterocycles. The lowest BCUT2D eigenvalue weighted by Gasteiger charge is -2.35. The first-order valence-electron chi connectivity index (χ1n) is 6.79. The summed E-state index contributed by atoms with van der Waals surface area (Å²) in [6.07, 6.45) is 8.24. The van der Waals surface area contributed by atoms with Crippen LogP contribution < -0.4 is 5.32 Å². The summed E-state index contributed by atoms with van der Waals surface area (Å²) < 4.78 is 0. The van der Waals surface area contributed by atoms with Gasteiger partial charge in [0.25, 0.3) is 0 Å². The molecule has 1 atom stereocenters. The molecule has 0 aromatic heterocycles. The highest BCUT2D eigenvalue weighted by Gasteiger charge is 2.37. The highest BCUT2D eigenvalue weighted by molar-refractivity contribution is 4.97. The van der Waals surface area contributed by atoms with Crippen molar-refractivity contribution in [2.45, 2.75) is 64.0 Å². The van der Waals surface area contributed by atoms with Crippen LogP contribution in [-0.2, 0) is 0 Å². The van der Waals surface area contributed by atoms with E-state index < -0.39 is 0 Å². The van der Waals surface area contributed by atoms with Gasteiger partial charge in [0, 0.05) is 18.1 Å². The normalized spacial score (nSPS) is 31.4. The first kappa shape index (κ1) is 11.4. The maximum Gasteiger partial charge on any atom is 0.0306 e. The summed E-state index contributed by atoms with van der Waals surface area (Å²) in [4.78, 5) is 2.74. The number of hydrogen-bond donors (Lipinski definition) is 1. The van der Waals surface area contributed by atoms with E-state index in [2.05, 4.69) is 24.1 Å². The standard InChI is InChI=1S/C13H26N2/c1-3-10-15(12-6-7-12)11-13(4-2)8-5-9-14-13/h12,14H,3-11H2,1-2H3. The van der Waals surface area contributed by atoms with E-state index in [1.54, 1.807) is 0 Å². The number of nitrogens with one attached hydrogen (secondary N) is 1. The largest absolute Gasteiger partial charge is 0.310 e. The molecule has 2 rings (SSSR count). The van der Waals surface area contributed by atoms with Crippen LogP contribution in [0.2, 0.25) is 0 Å². The Hall–Kier alpha value is -0.0800. The molecule has 2 heteroatoms. The van der Waals surface area contributed by atoms with Crippen LogP contribution in [0.1, 0.15) is 52.4 Å². The average Bonchev–Trinajstić information content (AvgIpc) is 3.00. The Morgan fingerprint density at radius 1 is 1.33 bits per heavy atom. The predicted octanol–water partition coefficient (Wildman–Crippen LogP) is 2.39. The van der Waals surface area contributed by atoms with Crippen molar-refractivity contribution in [2.75, 3.05) is 19.6 Å². The highest BCUT2D eigenvalue weighted by Crippen LogP contribution is 2.31. The van der Waals surface area contributed by atoms with E-state index in [1.165, 1.54) is 58.2 Å². The van der Waals surface area contributed by atoms with Gasteiger partial charge in [-0.15, -0.1) is 0 Å². The van der Waals surface area contributed by atoms with Crippen molar-refractivity contribution < 1.29 is 0 Å². The van der Waals surface area contributed by atoms with Crippen LogP contribution >= 0.6 is 0 Å². The molecule has 0 bridgehead atoms. The third-order valence-electron chi connectivity index (χ3n) is 4.09. The second kappa shape index (κ2) is 4.84. The van der Waals surface area contributed by atoms with Gasteiger partial charge in [0.15, 0.2) is 0 Å². The van der Waals surface area contributed by atoms with Gasteiger partial charge in [-0.05, 0) is 51.6 Å². The van der Waals surface area contributed by atoms with Crippen molar-refractivity contribution in [1.29, 1.82) is 0 Å². The number of nitrogens with zero attached hydrogens (tertiary/aromatic N) is 1. The fraction of sp³-hybridized carbons (Fsp3) is 1.00. The summed E-state index contributed by atoms with van der Waals surface area (Å²) in [6.45, 7) is 8.47.